The van der Waals surface area contributed by atoms with E-state index in [0.717, 1.165) is 37.0 Å². The lowest BCUT2D eigenvalue weighted by Gasteiger charge is -2.12. The molecule has 0 aliphatic heterocycles. The Morgan fingerprint density at radius 2 is 1.93 bits per heavy atom. The molecule has 1 aliphatic carbocycles. The van der Waals surface area contributed by atoms with Gasteiger partial charge in [-0.2, -0.15) is 0 Å². The van der Waals surface area contributed by atoms with Crippen molar-refractivity contribution in [3.8, 4) is 5.75 Å². The molecule has 1 saturated carbocycles. The third-order valence-electron chi connectivity index (χ3n) is 4.82. The normalized spacial score (nSPS) is 14.0. The minimum atomic E-state index is -0.220. The Bertz CT molecular complexity index is 801. The molecule has 6 heteroatoms. The zero-order valence-corrected chi connectivity index (χ0v) is 15.5. The van der Waals surface area contributed by atoms with E-state index in [9.17, 15) is 9.59 Å². The summed E-state index contributed by atoms with van der Waals surface area (Å²) in [6, 6.07) is 11.1. The summed E-state index contributed by atoms with van der Waals surface area (Å²) in [5.74, 6) is 0.370. The number of aromatic nitrogens is 1. The zero-order chi connectivity index (χ0) is 19.1. The van der Waals surface area contributed by atoms with E-state index in [4.69, 9.17) is 4.74 Å². The molecule has 2 amide bonds. The van der Waals surface area contributed by atoms with Crippen LogP contribution in [0.4, 0.5) is 0 Å². The summed E-state index contributed by atoms with van der Waals surface area (Å²) in [5, 5.41) is 5.88. The van der Waals surface area contributed by atoms with E-state index < -0.39 is 0 Å². The largest absolute Gasteiger partial charge is 0.496 e. The van der Waals surface area contributed by atoms with Gasteiger partial charge < -0.3 is 15.4 Å². The van der Waals surface area contributed by atoms with Crippen LogP contribution in [0.3, 0.4) is 0 Å². The van der Waals surface area contributed by atoms with E-state index in [1.165, 1.54) is 6.20 Å². The molecular formula is C21H25N3O3. The molecule has 142 valence electrons. The lowest BCUT2D eigenvalue weighted by molar-refractivity contribution is 0.0933. The first-order chi connectivity index (χ1) is 13.2. The average molecular weight is 367 g/mol. The standard InChI is InChI=1S/C21H25N3O3/c1-27-19-9-5-2-6-15(19)10-13-23-20(25)16-11-12-22-18(14-16)21(26)24-17-7-3-4-8-17/h2,5-6,9,11-12,14,17H,3-4,7-8,10,13H2,1H3,(H,23,25)(H,24,26). The molecule has 0 spiro atoms. The average Bonchev–Trinajstić information content (AvgIpc) is 3.21. The molecule has 0 bridgehead atoms. The number of nitrogens with zero attached hydrogens (tertiary/aromatic N) is 1. The molecule has 0 unspecified atom stereocenters. The molecule has 1 fully saturated rings. The van der Waals surface area contributed by atoms with Crippen LogP contribution >= 0.6 is 0 Å². The van der Waals surface area contributed by atoms with Gasteiger partial charge in [0, 0.05) is 24.3 Å². The van der Waals surface area contributed by atoms with Gasteiger partial charge >= 0.3 is 0 Å². The molecule has 1 aromatic heterocycles. The number of carbonyl (C=O) groups excluding carboxylic acids is 2. The van der Waals surface area contributed by atoms with Crippen molar-refractivity contribution in [3.05, 3.63) is 59.4 Å². The Morgan fingerprint density at radius 3 is 2.70 bits per heavy atom. The van der Waals surface area contributed by atoms with E-state index in [1.807, 2.05) is 24.3 Å². The third kappa shape index (κ3) is 5.06. The Hall–Kier alpha value is -2.89. The fraction of sp³-hybridized carbons (Fsp3) is 0.381. The molecule has 1 aliphatic rings. The molecule has 0 radical (unpaired) electrons. The number of hydrogen-bond donors (Lipinski definition) is 2. The predicted molar refractivity (Wildman–Crippen MR) is 103 cm³/mol. The van der Waals surface area contributed by atoms with Crippen LogP contribution < -0.4 is 15.4 Å². The van der Waals surface area contributed by atoms with Gasteiger partial charge in [-0.05, 0) is 43.0 Å². The van der Waals surface area contributed by atoms with Crippen LogP contribution in [0, 0.1) is 0 Å². The summed E-state index contributed by atoms with van der Waals surface area (Å²) < 4.78 is 5.32. The fourth-order valence-electron chi connectivity index (χ4n) is 3.35. The van der Waals surface area contributed by atoms with Crippen molar-refractivity contribution in [1.82, 2.24) is 15.6 Å². The lowest BCUT2D eigenvalue weighted by Crippen LogP contribution is -2.33. The van der Waals surface area contributed by atoms with Crippen LogP contribution in [-0.2, 0) is 6.42 Å². The number of ether oxygens (including phenoxy) is 1. The Balaban J connectivity index is 1.56. The summed E-state index contributed by atoms with van der Waals surface area (Å²) in [7, 11) is 1.63. The molecular weight excluding hydrogens is 342 g/mol. The second-order valence-corrected chi connectivity index (χ2v) is 6.70. The van der Waals surface area contributed by atoms with Crippen LogP contribution in [-0.4, -0.2) is 36.5 Å². The van der Waals surface area contributed by atoms with Crippen LogP contribution in [0.5, 0.6) is 5.75 Å². The van der Waals surface area contributed by atoms with E-state index in [2.05, 4.69) is 15.6 Å². The number of carbonyl (C=O) groups is 2. The maximum atomic E-state index is 12.4. The van der Waals surface area contributed by atoms with Crippen LogP contribution in [0.25, 0.3) is 0 Å². The molecule has 2 aromatic rings. The Morgan fingerprint density at radius 1 is 1.15 bits per heavy atom. The number of pyridine rings is 1. The SMILES string of the molecule is COc1ccccc1CCNC(=O)c1ccnc(C(=O)NC2CCCC2)c1. The topological polar surface area (TPSA) is 80.3 Å². The van der Waals surface area contributed by atoms with Gasteiger partial charge in [0.05, 0.1) is 7.11 Å². The quantitative estimate of drug-likeness (QED) is 0.789. The van der Waals surface area contributed by atoms with Crippen molar-refractivity contribution >= 4 is 11.8 Å². The Kier molecular flexibility index (Phi) is 6.41. The van der Waals surface area contributed by atoms with Crippen molar-refractivity contribution in [3.63, 3.8) is 0 Å². The predicted octanol–water partition coefficient (Wildman–Crippen LogP) is 2.74. The number of rotatable bonds is 7. The van der Waals surface area contributed by atoms with Gasteiger partial charge in [0.1, 0.15) is 11.4 Å². The van der Waals surface area contributed by atoms with Crippen molar-refractivity contribution in [1.29, 1.82) is 0 Å². The first-order valence-electron chi connectivity index (χ1n) is 9.34. The molecule has 27 heavy (non-hydrogen) atoms. The highest BCUT2D eigenvalue weighted by atomic mass is 16.5. The highest BCUT2D eigenvalue weighted by Gasteiger charge is 2.19. The monoisotopic (exact) mass is 367 g/mol. The Labute approximate surface area is 159 Å². The molecule has 2 N–H and O–H groups in total. The van der Waals surface area contributed by atoms with E-state index in [1.54, 1.807) is 19.2 Å². The second kappa shape index (κ2) is 9.16. The smallest absolute Gasteiger partial charge is 0.270 e. The first-order valence-corrected chi connectivity index (χ1v) is 9.34. The number of para-hydroxylation sites is 1. The highest BCUT2D eigenvalue weighted by Crippen LogP contribution is 2.18. The van der Waals surface area contributed by atoms with Crippen molar-refractivity contribution in [2.45, 2.75) is 38.1 Å². The summed E-state index contributed by atoms with van der Waals surface area (Å²) in [5.41, 5.74) is 1.74. The highest BCUT2D eigenvalue weighted by molar-refractivity contribution is 5.98. The molecule has 0 saturated heterocycles. The van der Waals surface area contributed by atoms with Gasteiger partial charge in [0.15, 0.2) is 0 Å². The van der Waals surface area contributed by atoms with Crippen molar-refractivity contribution < 1.29 is 14.3 Å². The summed E-state index contributed by atoms with van der Waals surface area (Å²) in [4.78, 5) is 28.8. The molecule has 0 atom stereocenters. The maximum absolute atomic E-state index is 12.4. The van der Waals surface area contributed by atoms with E-state index in [-0.39, 0.29) is 23.6 Å². The molecule has 1 aromatic carbocycles. The number of amides is 2. The minimum absolute atomic E-state index is 0.217. The molecule has 3 rings (SSSR count). The number of benzene rings is 1. The number of hydrogen-bond acceptors (Lipinski definition) is 4. The van der Waals surface area contributed by atoms with Crippen molar-refractivity contribution in [2.24, 2.45) is 0 Å². The van der Waals surface area contributed by atoms with E-state index >= 15 is 0 Å². The minimum Gasteiger partial charge on any atom is -0.496 e. The first kappa shape index (κ1) is 18.9. The van der Waals surface area contributed by atoms with E-state index in [0.29, 0.717) is 18.5 Å². The molecule has 1 heterocycles. The van der Waals surface area contributed by atoms with Crippen LogP contribution in [0.15, 0.2) is 42.6 Å². The number of methoxy groups -OCH3 is 1. The number of nitrogens with one attached hydrogen (secondary N) is 2. The summed E-state index contributed by atoms with van der Waals surface area (Å²) in [6.07, 6.45) is 6.47. The zero-order valence-electron chi connectivity index (χ0n) is 15.5. The maximum Gasteiger partial charge on any atom is 0.270 e. The van der Waals surface area contributed by atoms with Gasteiger partial charge in [-0.15, -0.1) is 0 Å². The van der Waals surface area contributed by atoms with Crippen LogP contribution in [0.1, 0.15) is 52.1 Å². The van der Waals surface area contributed by atoms with Gasteiger partial charge in [-0.25, -0.2) is 0 Å². The summed E-state index contributed by atoms with van der Waals surface area (Å²) >= 11 is 0. The van der Waals surface area contributed by atoms with Gasteiger partial charge in [0.2, 0.25) is 0 Å². The summed E-state index contributed by atoms with van der Waals surface area (Å²) in [6.45, 7) is 0.477. The second-order valence-electron chi connectivity index (χ2n) is 6.70. The van der Waals surface area contributed by atoms with Crippen molar-refractivity contribution in [2.75, 3.05) is 13.7 Å². The van der Waals surface area contributed by atoms with Crippen LogP contribution in [0.2, 0.25) is 0 Å². The lowest BCUT2D eigenvalue weighted by atomic mass is 10.1. The van der Waals surface area contributed by atoms with Gasteiger partial charge in [-0.3, -0.25) is 14.6 Å². The molecule has 6 nitrogen and oxygen atoms in total. The third-order valence-corrected chi connectivity index (χ3v) is 4.82. The van der Waals surface area contributed by atoms with Gasteiger partial charge in [0.25, 0.3) is 11.8 Å². The fourth-order valence-corrected chi connectivity index (χ4v) is 3.35. The van der Waals surface area contributed by atoms with Gasteiger partial charge in [-0.1, -0.05) is 31.0 Å².